The van der Waals surface area contributed by atoms with E-state index in [9.17, 15) is 9.59 Å². The number of carbonyl (C=O) groups is 2. The second kappa shape index (κ2) is 9.19. The summed E-state index contributed by atoms with van der Waals surface area (Å²) in [6.07, 6.45) is 0. The van der Waals surface area contributed by atoms with Gasteiger partial charge in [-0.2, -0.15) is 0 Å². The van der Waals surface area contributed by atoms with E-state index in [4.69, 9.17) is 16.7 Å². The van der Waals surface area contributed by atoms with Crippen LogP contribution in [0.15, 0.2) is 0 Å². The summed E-state index contributed by atoms with van der Waals surface area (Å²) in [6, 6.07) is 0. The number of carbonyl (C=O) groups excluding carboxylic acids is 1. The van der Waals surface area contributed by atoms with Crippen LogP contribution in [-0.2, 0) is 9.53 Å². The van der Waals surface area contributed by atoms with Gasteiger partial charge in [-0.25, -0.2) is 4.79 Å². The monoisotopic (exact) mass is 183 g/mol. The predicted octanol–water partition coefficient (Wildman–Crippen LogP) is 0.411. The van der Waals surface area contributed by atoms with Gasteiger partial charge in [0.2, 0.25) is 0 Å². The molecule has 0 radical (unpaired) electrons. The van der Waals surface area contributed by atoms with Gasteiger partial charge >= 0.3 is 11.4 Å². The molecule has 0 saturated carbocycles. The number of halogens is 1. The largest absolute Gasteiger partial charge is 0.480 e. The van der Waals surface area contributed by atoms with Crippen LogP contribution in [0.5, 0.6) is 0 Å². The maximum atomic E-state index is 9.59. The minimum Gasteiger partial charge on any atom is -0.480 e. The Morgan fingerprint density at radius 2 is 2.00 bits per heavy atom. The lowest BCUT2D eigenvalue weighted by Crippen LogP contribution is -2.10. The van der Waals surface area contributed by atoms with Crippen molar-refractivity contribution in [3.05, 3.63) is 0 Å². The number of ether oxygens (including phenoxy) is 1. The lowest BCUT2D eigenvalue weighted by atomic mass is 10.7. The zero-order valence-corrected chi connectivity index (χ0v) is 6.80. The molecule has 0 spiro atoms. The average Bonchev–Trinajstić information content (AvgIpc) is 1.89. The molecular formula is C5H10ClNO4. The number of hydrogen-bond donors (Lipinski definition) is 2. The molecule has 0 unspecified atom stereocenters. The van der Waals surface area contributed by atoms with Crippen molar-refractivity contribution < 1.29 is 19.4 Å². The van der Waals surface area contributed by atoms with Crippen LogP contribution in [0.4, 0.5) is 4.79 Å². The van der Waals surface area contributed by atoms with Crippen LogP contribution in [0.3, 0.4) is 0 Å². The summed E-state index contributed by atoms with van der Waals surface area (Å²) in [5, 5.41) is 7.60. The summed E-state index contributed by atoms with van der Waals surface area (Å²) in [5.74, 6) is -0.968. The lowest BCUT2D eigenvalue weighted by molar-refractivity contribution is -0.135. The second-order valence-corrected chi connectivity index (χ2v) is 1.58. The van der Waals surface area contributed by atoms with Crippen molar-refractivity contribution in [2.75, 3.05) is 13.2 Å². The van der Waals surface area contributed by atoms with Crippen molar-refractivity contribution in [3.8, 4) is 0 Å². The van der Waals surface area contributed by atoms with Gasteiger partial charge in [0, 0.05) is 11.6 Å². The molecule has 5 nitrogen and oxygen atoms in total. The van der Waals surface area contributed by atoms with Crippen molar-refractivity contribution in [3.63, 3.8) is 0 Å². The van der Waals surface area contributed by atoms with Gasteiger partial charge < -0.3 is 15.6 Å². The van der Waals surface area contributed by atoms with E-state index in [0.29, 0.717) is 6.61 Å². The first kappa shape index (κ1) is 12.8. The van der Waals surface area contributed by atoms with E-state index in [1.807, 2.05) is 0 Å². The van der Waals surface area contributed by atoms with Crippen molar-refractivity contribution in [2.45, 2.75) is 6.92 Å². The number of carboxylic acid groups (broad SMARTS) is 1. The van der Waals surface area contributed by atoms with E-state index >= 15 is 0 Å². The van der Waals surface area contributed by atoms with Gasteiger partial charge in [0.1, 0.15) is 0 Å². The third-order valence-electron chi connectivity index (χ3n) is 0.432. The Balaban J connectivity index is 0. The normalized spacial score (nSPS) is 7.55. The van der Waals surface area contributed by atoms with Crippen molar-refractivity contribution in [1.29, 1.82) is 0 Å². The molecule has 0 bridgehead atoms. The van der Waals surface area contributed by atoms with Gasteiger partial charge in [-0.3, -0.25) is 4.79 Å². The summed E-state index contributed by atoms with van der Waals surface area (Å²) < 4.78 is 4.17. The molecule has 3 N–H and O–H groups in total. The maximum Gasteiger partial charge on any atom is 0.403 e. The average molecular weight is 184 g/mol. The molecule has 0 aliphatic carbocycles. The molecule has 0 aromatic rings. The number of hydrogen-bond acceptors (Lipinski definition) is 4. The van der Waals surface area contributed by atoms with Crippen LogP contribution in [0.1, 0.15) is 6.92 Å². The maximum absolute atomic E-state index is 9.59. The van der Waals surface area contributed by atoms with Gasteiger partial charge in [0.25, 0.3) is 0 Å². The summed E-state index contributed by atoms with van der Waals surface area (Å²) in [6.45, 7) is 1.77. The molecule has 0 atom stereocenters. The summed E-state index contributed by atoms with van der Waals surface area (Å²) in [7, 11) is 0. The van der Waals surface area contributed by atoms with Gasteiger partial charge in [-0.15, -0.1) is 0 Å². The SMILES string of the molecule is CCOC(=O)Cl.NCC(=O)O. The highest BCUT2D eigenvalue weighted by atomic mass is 35.5. The Bertz CT molecular complexity index is 128. The Labute approximate surface area is 69.1 Å². The van der Waals surface area contributed by atoms with Crippen LogP contribution in [0, 0.1) is 0 Å². The molecule has 0 saturated heterocycles. The molecule has 0 heterocycles. The highest BCUT2D eigenvalue weighted by molar-refractivity contribution is 6.61. The number of nitrogens with two attached hydrogens (primary N) is 1. The van der Waals surface area contributed by atoms with Gasteiger partial charge in [-0.1, -0.05) is 0 Å². The standard InChI is InChI=1S/C3H5ClO2.C2H5NO2/c1-2-6-3(4)5;3-1-2(4)5/h2H2,1H3;1,3H2,(H,4,5). The quantitative estimate of drug-likeness (QED) is 0.606. The molecule has 0 aromatic carbocycles. The fraction of sp³-hybridized carbons (Fsp3) is 0.600. The van der Waals surface area contributed by atoms with Crippen LogP contribution in [-0.4, -0.2) is 29.7 Å². The van der Waals surface area contributed by atoms with E-state index in [1.165, 1.54) is 0 Å². The molecular weight excluding hydrogens is 174 g/mol. The lowest BCUT2D eigenvalue weighted by Gasteiger charge is -1.86. The van der Waals surface area contributed by atoms with E-state index < -0.39 is 11.4 Å². The van der Waals surface area contributed by atoms with E-state index in [-0.39, 0.29) is 6.54 Å². The zero-order chi connectivity index (χ0) is 9.28. The van der Waals surface area contributed by atoms with Crippen molar-refractivity contribution in [1.82, 2.24) is 0 Å². The number of rotatable bonds is 2. The van der Waals surface area contributed by atoms with E-state index in [0.717, 1.165) is 0 Å². The number of carboxylic acids is 1. The van der Waals surface area contributed by atoms with E-state index in [2.05, 4.69) is 10.5 Å². The third kappa shape index (κ3) is 27.1. The summed E-state index contributed by atoms with van der Waals surface area (Å²) in [4.78, 5) is 18.8. The van der Waals surface area contributed by atoms with Crippen LogP contribution < -0.4 is 5.73 Å². The van der Waals surface area contributed by atoms with Crippen LogP contribution >= 0.6 is 11.6 Å². The highest BCUT2D eigenvalue weighted by Gasteiger charge is 1.86. The van der Waals surface area contributed by atoms with Crippen molar-refractivity contribution >= 4 is 23.0 Å². The zero-order valence-electron chi connectivity index (χ0n) is 6.04. The molecule has 11 heavy (non-hydrogen) atoms. The third-order valence-corrected chi connectivity index (χ3v) is 0.542. The molecule has 0 rings (SSSR count). The summed E-state index contributed by atoms with van der Waals surface area (Å²) >= 11 is 4.72. The molecule has 0 aliphatic heterocycles. The second-order valence-electron chi connectivity index (χ2n) is 1.27. The molecule has 0 amide bonds. The first-order valence-electron chi connectivity index (χ1n) is 2.78. The Hall–Kier alpha value is -0.810. The molecule has 0 fully saturated rings. The Morgan fingerprint density at radius 1 is 1.64 bits per heavy atom. The fourth-order valence-corrected chi connectivity index (χ4v) is 0.223. The first-order chi connectivity index (χ1) is 5.04. The first-order valence-corrected chi connectivity index (χ1v) is 3.16. The topological polar surface area (TPSA) is 89.6 Å². The molecule has 66 valence electrons. The Kier molecular flexibility index (Phi) is 10.7. The summed E-state index contributed by atoms with van der Waals surface area (Å²) in [5.41, 5.74) is 3.83. The minimum absolute atomic E-state index is 0.278. The van der Waals surface area contributed by atoms with Gasteiger partial charge in [-0.05, 0) is 6.92 Å². The van der Waals surface area contributed by atoms with Crippen LogP contribution in [0.2, 0.25) is 0 Å². The minimum atomic E-state index is -0.968. The highest BCUT2D eigenvalue weighted by Crippen LogP contribution is 1.82. The predicted molar refractivity (Wildman–Crippen MR) is 39.6 cm³/mol. The molecule has 0 aromatic heterocycles. The smallest absolute Gasteiger partial charge is 0.403 e. The van der Waals surface area contributed by atoms with E-state index in [1.54, 1.807) is 6.92 Å². The fourth-order valence-electron chi connectivity index (χ4n) is 0.113. The van der Waals surface area contributed by atoms with Crippen LogP contribution in [0.25, 0.3) is 0 Å². The molecule has 0 aliphatic rings. The van der Waals surface area contributed by atoms with Gasteiger partial charge in [0.15, 0.2) is 0 Å². The number of aliphatic carboxylic acids is 1. The Morgan fingerprint density at radius 3 is 2.00 bits per heavy atom. The van der Waals surface area contributed by atoms with Gasteiger partial charge in [0.05, 0.1) is 13.2 Å². The van der Waals surface area contributed by atoms with Crippen molar-refractivity contribution in [2.24, 2.45) is 5.73 Å². The molecule has 6 heteroatoms.